The lowest BCUT2D eigenvalue weighted by Crippen LogP contribution is -2.33. The molecule has 0 aromatic carbocycles. The molecule has 116 valence electrons. The fraction of sp³-hybridized carbons (Fsp3) is 0.600. The van der Waals surface area contributed by atoms with Crippen LogP contribution in [0, 0.1) is 6.92 Å². The van der Waals surface area contributed by atoms with E-state index in [-0.39, 0.29) is 5.91 Å². The molecule has 0 spiro atoms. The van der Waals surface area contributed by atoms with Crippen molar-refractivity contribution in [3.05, 3.63) is 23.4 Å². The van der Waals surface area contributed by atoms with Gasteiger partial charge < -0.3 is 10.6 Å². The first-order valence-corrected chi connectivity index (χ1v) is 9.59. The topological polar surface area (TPSA) is 54.0 Å². The first-order chi connectivity index (χ1) is 10.2. The molecule has 1 aromatic rings. The molecule has 2 N–H and O–H groups in total. The summed E-state index contributed by atoms with van der Waals surface area (Å²) in [6.45, 7) is 5.64. The van der Waals surface area contributed by atoms with Gasteiger partial charge in [0.25, 0.3) is 5.91 Å². The van der Waals surface area contributed by atoms with Gasteiger partial charge in [-0.1, -0.05) is 6.92 Å². The van der Waals surface area contributed by atoms with Crippen molar-refractivity contribution in [2.75, 3.05) is 35.7 Å². The third-order valence-electron chi connectivity index (χ3n) is 3.15. The van der Waals surface area contributed by atoms with Gasteiger partial charge in [-0.25, -0.2) is 4.98 Å². The molecule has 1 aliphatic heterocycles. The molecule has 1 aromatic heterocycles. The molecule has 0 aliphatic carbocycles. The SMILES string of the molecule is CCCNc1cc(C(=O)NCC2CSCCS2)cc(C)n1. The normalized spacial score (nSPS) is 18.3. The molecule has 1 aliphatic rings. The fourth-order valence-corrected chi connectivity index (χ4v) is 4.72. The Morgan fingerprint density at radius 2 is 2.29 bits per heavy atom. The predicted octanol–water partition coefficient (Wildman–Crippen LogP) is 2.79. The maximum Gasteiger partial charge on any atom is 0.251 e. The summed E-state index contributed by atoms with van der Waals surface area (Å²) in [5, 5.41) is 6.82. The van der Waals surface area contributed by atoms with Crippen LogP contribution in [0.5, 0.6) is 0 Å². The Bertz CT molecular complexity index is 476. The number of carbonyl (C=O) groups is 1. The molecule has 4 nitrogen and oxygen atoms in total. The van der Waals surface area contributed by atoms with Crippen molar-refractivity contribution < 1.29 is 4.79 Å². The van der Waals surface area contributed by atoms with Crippen LogP contribution in [0.2, 0.25) is 0 Å². The van der Waals surface area contributed by atoms with Crippen LogP contribution in [0.3, 0.4) is 0 Å². The van der Waals surface area contributed by atoms with Crippen molar-refractivity contribution in [3.63, 3.8) is 0 Å². The van der Waals surface area contributed by atoms with Gasteiger partial charge in [0.15, 0.2) is 0 Å². The molecule has 1 unspecified atom stereocenters. The maximum atomic E-state index is 12.3. The Morgan fingerprint density at radius 3 is 3.00 bits per heavy atom. The monoisotopic (exact) mass is 325 g/mol. The first kappa shape index (κ1) is 16.5. The lowest BCUT2D eigenvalue weighted by Gasteiger charge is -2.21. The van der Waals surface area contributed by atoms with Gasteiger partial charge >= 0.3 is 0 Å². The Balaban J connectivity index is 1.92. The van der Waals surface area contributed by atoms with E-state index in [9.17, 15) is 4.79 Å². The molecule has 21 heavy (non-hydrogen) atoms. The van der Waals surface area contributed by atoms with Crippen molar-refractivity contribution in [1.82, 2.24) is 10.3 Å². The second kappa shape index (κ2) is 8.54. The van der Waals surface area contributed by atoms with Gasteiger partial charge in [0.1, 0.15) is 5.82 Å². The van der Waals surface area contributed by atoms with Crippen LogP contribution in [0.1, 0.15) is 29.4 Å². The molecule has 6 heteroatoms. The first-order valence-electron chi connectivity index (χ1n) is 7.39. The number of aryl methyl sites for hydroxylation is 1. The minimum absolute atomic E-state index is 0.00350. The minimum atomic E-state index is -0.00350. The van der Waals surface area contributed by atoms with Crippen LogP contribution in [-0.4, -0.2) is 46.5 Å². The van der Waals surface area contributed by atoms with Crippen LogP contribution < -0.4 is 10.6 Å². The van der Waals surface area contributed by atoms with Gasteiger partial charge in [-0.15, -0.1) is 0 Å². The fourth-order valence-electron chi connectivity index (χ4n) is 2.11. The molecule has 0 bridgehead atoms. The summed E-state index contributed by atoms with van der Waals surface area (Å²) in [5.74, 6) is 4.32. The number of carbonyl (C=O) groups excluding carboxylic acids is 1. The summed E-state index contributed by atoms with van der Waals surface area (Å²) >= 11 is 3.93. The Morgan fingerprint density at radius 1 is 1.43 bits per heavy atom. The molecule has 1 amide bonds. The third kappa shape index (κ3) is 5.43. The molecule has 1 atom stereocenters. The largest absolute Gasteiger partial charge is 0.370 e. The second-order valence-corrected chi connectivity index (χ2v) is 7.65. The highest BCUT2D eigenvalue weighted by molar-refractivity contribution is 8.06. The summed E-state index contributed by atoms with van der Waals surface area (Å²) in [5.41, 5.74) is 1.55. The maximum absolute atomic E-state index is 12.3. The zero-order chi connectivity index (χ0) is 15.1. The van der Waals surface area contributed by atoms with Crippen molar-refractivity contribution >= 4 is 35.2 Å². The van der Waals surface area contributed by atoms with Crippen LogP contribution in [0.4, 0.5) is 5.82 Å². The number of pyridine rings is 1. The summed E-state index contributed by atoms with van der Waals surface area (Å²) < 4.78 is 0. The molecule has 0 saturated carbocycles. The van der Waals surface area contributed by atoms with Crippen LogP contribution in [0.25, 0.3) is 0 Å². The molecular weight excluding hydrogens is 302 g/mol. The van der Waals surface area contributed by atoms with Gasteiger partial charge in [0.05, 0.1) is 0 Å². The number of hydrogen-bond acceptors (Lipinski definition) is 5. The standard InChI is InChI=1S/C15H23N3OS2/c1-3-4-16-14-8-12(7-11(2)18-14)15(19)17-9-13-10-20-5-6-21-13/h7-8,13H,3-6,9-10H2,1-2H3,(H,16,18)(H,17,19). The smallest absolute Gasteiger partial charge is 0.251 e. The summed E-state index contributed by atoms with van der Waals surface area (Å²) in [6.07, 6.45) is 1.04. The van der Waals surface area contributed by atoms with Crippen LogP contribution in [-0.2, 0) is 0 Å². The van der Waals surface area contributed by atoms with Gasteiger partial charge in [-0.3, -0.25) is 4.79 Å². The van der Waals surface area contributed by atoms with Crippen molar-refractivity contribution in [2.24, 2.45) is 0 Å². The number of nitrogens with zero attached hydrogens (tertiary/aromatic N) is 1. The zero-order valence-corrected chi connectivity index (χ0v) is 14.3. The second-order valence-electron chi connectivity index (χ2n) is 5.09. The van der Waals surface area contributed by atoms with E-state index in [4.69, 9.17) is 0 Å². The van der Waals surface area contributed by atoms with Gasteiger partial charge in [-0.05, 0) is 25.5 Å². The highest BCUT2D eigenvalue weighted by Gasteiger charge is 2.16. The molecule has 1 saturated heterocycles. The van der Waals surface area contributed by atoms with E-state index in [1.807, 2.05) is 42.6 Å². The number of rotatable bonds is 6. The molecule has 2 heterocycles. The molecular formula is C15H23N3OS2. The van der Waals surface area contributed by atoms with Crippen LogP contribution in [0.15, 0.2) is 12.1 Å². The van der Waals surface area contributed by atoms with E-state index in [0.717, 1.165) is 36.8 Å². The Kier molecular flexibility index (Phi) is 6.70. The van der Waals surface area contributed by atoms with E-state index < -0.39 is 0 Å². The van der Waals surface area contributed by atoms with E-state index in [2.05, 4.69) is 22.5 Å². The Labute approximate surface area is 135 Å². The third-order valence-corrected chi connectivity index (χ3v) is 5.99. The number of anilines is 1. The number of aromatic nitrogens is 1. The van der Waals surface area contributed by atoms with Gasteiger partial charge in [0, 0.05) is 46.9 Å². The zero-order valence-electron chi connectivity index (χ0n) is 12.6. The summed E-state index contributed by atoms with van der Waals surface area (Å²) in [4.78, 5) is 16.7. The van der Waals surface area contributed by atoms with E-state index >= 15 is 0 Å². The van der Waals surface area contributed by atoms with E-state index in [1.165, 1.54) is 11.5 Å². The van der Waals surface area contributed by atoms with Crippen molar-refractivity contribution in [1.29, 1.82) is 0 Å². The van der Waals surface area contributed by atoms with Crippen molar-refractivity contribution in [2.45, 2.75) is 25.5 Å². The number of amides is 1. The van der Waals surface area contributed by atoms with E-state index in [0.29, 0.717) is 10.8 Å². The Hall–Kier alpha value is -0.880. The molecule has 0 radical (unpaired) electrons. The van der Waals surface area contributed by atoms with Gasteiger partial charge in [0.2, 0.25) is 0 Å². The average Bonchev–Trinajstić information content (AvgIpc) is 2.51. The van der Waals surface area contributed by atoms with Crippen molar-refractivity contribution in [3.8, 4) is 0 Å². The highest BCUT2D eigenvalue weighted by Crippen LogP contribution is 2.23. The molecule has 1 fully saturated rings. The number of nitrogens with one attached hydrogen (secondary N) is 2. The molecule has 2 rings (SSSR count). The van der Waals surface area contributed by atoms with Gasteiger partial charge in [-0.2, -0.15) is 23.5 Å². The quantitative estimate of drug-likeness (QED) is 0.842. The number of hydrogen-bond donors (Lipinski definition) is 2. The lowest BCUT2D eigenvalue weighted by molar-refractivity contribution is 0.0954. The van der Waals surface area contributed by atoms with Crippen LogP contribution >= 0.6 is 23.5 Å². The minimum Gasteiger partial charge on any atom is -0.370 e. The predicted molar refractivity (Wildman–Crippen MR) is 93.7 cm³/mol. The van der Waals surface area contributed by atoms with E-state index in [1.54, 1.807) is 0 Å². The highest BCUT2D eigenvalue weighted by atomic mass is 32.2. The lowest BCUT2D eigenvalue weighted by atomic mass is 10.2. The average molecular weight is 326 g/mol. The number of thioether (sulfide) groups is 2. The summed E-state index contributed by atoms with van der Waals surface area (Å²) in [6, 6.07) is 3.68. The summed E-state index contributed by atoms with van der Waals surface area (Å²) in [7, 11) is 0.